The molecule has 1 unspecified atom stereocenters. The molecule has 2 heterocycles. The van der Waals surface area contributed by atoms with Gasteiger partial charge in [-0.05, 0) is 37.3 Å². The van der Waals surface area contributed by atoms with E-state index in [0.717, 1.165) is 56.5 Å². The molecule has 1 fully saturated rings. The Hall–Kier alpha value is -1.97. The van der Waals surface area contributed by atoms with Crippen LogP contribution in [-0.4, -0.2) is 61.0 Å². The number of hydrogen-bond acceptors (Lipinski definition) is 4. The van der Waals surface area contributed by atoms with Crippen LogP contribution < -0.4 is 15.0 Å². The molecule has 7 nitrogen and oxygen atoms in total. The fourth-order valence-corrected chi connectivity index (χ4v) is 4.27. The van der Waals surface area contributed by atoms with Gasteiger partial charge in [-0.2, -0.15) is 5.10 Å². The van der Waals surface area contributed by atoms with E-state index in [0.29, 0.717) is 11.8 Å². The molecule has 0 spiro atoms. The lowest BCUT2D eigenvalue weighted by Crippen LogP contribution is -2.39. The first-order valence-electron chi connectivity index (χ1n) is 11.3. The third kappa shape index (κ3) is 6.52. The lowest BCUT2D eigenvalue weighted by atomic mass is 10.1. The van der Waals surface area contributed by atoms with Gasteiger partial charge in [-0.1, -0.05) is 26.0 Å². The number of aromatic nitrogens is 2. The molecule has 0 bridgehead atoms. The summed E-state index contributed by atoms with van der Waals surface area (Å²) in [6, 6.07) is 8.27. The molecular weight excluding hydrogens is 515 g/mol. The summed E-state index contributed by atoms with van der Waals surface area (Å²) in [6.07, 6.45) is 3.27. The third-order valence-corrected chi connectivity index (χ3v) is 5.80. The molecule has 1 aliphatic heterocycles. The molecule has 8 heteroatoms. The fraction of sp³-hybridized carbons (Fsp3) is 0.583. The van der Waals surface area contributed by atoms with Gasteiger partial charge in [-0.25, -0.2) is 0 Å². The second-order valence-electron chi connectivity index (χ2n) is 8.69. The highest BCUT2D eigenvalue weighted by atomic mass is 127. The standard InChI is InChI=1S/C24H38N6O.HI/c1-7-25-24(28(4)16-20-17-29(5)27-23(20)18(2)3)26-14-19-12-13-30(15-19)21-10-8-9-11-22(21)31-6;/h8-11,17-19H,7,12-16H2,1-6H3,(H,25,26);1H. The average Bonchev–Trinajstić information content (AvgIpc) is 3.37. The van der Waals surface area contributed by atoms with Crippen LogP contribution in [0.1, 0.15) is 44.4 Å². The zero-order valence-electron chi connectivity index (χ0n) is 20.3. The van der Waals surface area contributed by atoms with Gasteiger partial charge < -0.3 is 19.9 Å². The predicted octanol–water partition coefficient (Wildman–Crippen LogP) is 4.09. The van der Waals surface area contributed by atoms with Crippen molar-refractivity contribution in [2.75, 3.05) is 45.2 Å². The molecular formula is C24H39IN6O. The predicted molar refractivity (Wildman–Crippen MR) is 143 cm³/mol. The minimum atomic E-state index is 0. The Labute approximate surface area is 210 Å². The second kappa shape index (κ2) is 12.3. The fourth-order valence-electron chi connectivity index (χ4n) is 4.27. The molecule has 0 radical (unpaired) electrons. The number of para-hydroxylation sites is 2. The molecule has 1 saturated heterocycles. The number of rotatable bonds is 8. The number of nitrogens with zero attached hydrogens (tertiary/aromatic N) is 5. The monoisotopic (exact) mass is 554 g/mol. The maximum atomic E-state index is 5.55. The van der Waals surface area contributed by atoms with Gasteiger partial charge in [0.05, 0.1) is 18.5 Å². The molecule has 1 aliphatic rings. The van der Waals surface area contributed by atoms with Crippen LogP contribution in [0.2, 0.25) is 0 Å². The van der Waals surface area contributed by atoms with E-state index in [2.05, 4.69) is 66.4 Å². The van der Waals surface area contributed by atoms with Crippen molar-refractivity contribution in [1.82, 2.24) is 20.0 Å². The van der Waals surface area contributed by atoms with Crippen LogP contribution in [0, 0.1) is 5.92 Å². The van der Waals surface area contributed by atoms with Crippen LogP contribution in [0.3, 0.4) is 0 Å². The van der Waals surface area contributed by atoms with E-state index < -0.39 is 0 Å². The highest BCUT2D eigenvalue weighted by Gasteiger charge is 2.25. The van der Waals surface area contributed by atoms with Gasteiger partial charge in [-0.3, -0.25) is 9.67 Å². The summed E-state index contributed by atoms with van der Waals surface area (Å²) in [7, 11) is 5.83. The summed E-state index contributed by atoms with van der Waals surface area (Å²) < 4.78 is 7.46. The number of nitrogens with one attached hydrogen (secondary N) is 1. The highest BCUT2D eigenvalue weighted by Crippen LogP contribution is 2.32. The zero-order chi connectivity index (χ0) is 22.4. The van der Waals surface area contributed by atoms with Crippen molar-refractivity contribution in [2.45, 2.75) is 39.7 Å². The van der Waals surface area contributed by atoms with E-state index in [1.54, 1.807) is 7.11 Å². The van der Waals surface area contributed by atoms with Gasteiger partial charge in [0.15, 0.2) is 5.96 Å². The van der Waals surface area contributed by atoms with Crippen LogP contribution >= 0.6 is 24.0 Å². The number of halogens is 1. The second-order valence-corrected chi connectivity index (χ2v) is 8.69. The number of hydrogen-bond donors (Lipinski definition) is 1. The van der Waals surface area contributed by atoms with Gasteiger partial charge in [0, 0.05) is 58.6 Å². The Kier molecular flexibility index (Phi) is 10.1. The molecule has 3 rings (SSSR count). The lowest BCUT2D eigenvalue weighted by molar-refractivity contribution is 0.414. The van der Waals surface area contributed by atoms with E-state index in [1.807, 2.05) is 23.9 Å². The molecule has 1 aromatic heterocycles. The van der Waals surface area contributed by atoms with Gasteiger partial charge in [0.2, 0.25) is 0 Å². The van der Waals surface area contributed by atoms with Crippen molar-refractivity contribution in [3.8, 4) is 5.75 Å². The van der Waals surface area contributed by atoms with Gasteiger partial charge in [-0.15, -0.1) is 24.0 Å². The van der Waals surface area contributed by atoms with Crippen molar-refractivity contribution >= 4 is 35.6 Å². The molecule has 0 amide bonds. The number of benzene rings is 1. The quantitative estimate of drug-likeness (QED) is 0.303. The van der Waals surface area contributed by atoms with E-state index in [9.17, 15) is 0 Å². The molecule has 1 N–H and O–H groups in total. The van der Waals surface area contributed by atoms with Crippen LogP contribution in [0.15, 0.2) is 35.5 Å². The van der Waals surface area contributed by atoms with Crippen LogP contribution in [0.5, 0.6) is 5.75 Å². The minimum Gasteiger partial charge on any atom is -0.495 e. The number of ether oxygens (including phenoxy) is 1. The topological polar surface area (TPSA) is 57.9 Å². The zero-order valence-corrected chi connectivity index (χ0v) is 22.7. The third-order valence-electron chi connectivity index (χ3n) is 5.80. The van der Waals surface area contributed by atoms with Crippen molar-refractivity contribution in [3.63, 3.8) is 0 Å². The van der Waals surface area contributed by atoms with E-state index >= 15 is 0 Å². The van der Waals surface area contributed by atoms with Gasteiger partial charge in [0.1, 0.15) is 5.75 Å². The number of aryl methyl sites for hydroxylation is 1. The van der Waals surface area contributed by atoms with E-state index in [1.165, 1.54) is 11.3 Å². The number of anilines is 1. The average molecular weight is 555 g/mol. The van der Waals surface area contributed by atoms with Crippen LogP contribution in [-0.2, 0) is 13.6 Å². The Bertz CT molecular complexity index is 881. The summed E-state index contributed by atoms with van der Waals surface area (Å²) in [5.74, 6) is 2.84. The van der Waals surface area contributed by atoms with E-state index in [-0.39, 0.29) is 24.0 Å². The molecule has 0 aliphatic carbocycles. The first kappa shape index (κ1) is 26.3. The summed E-state index contributed by atoms with van der Waals surface area (Å²) in [5, 5.41) is 8.10. The lowest BCUT2D eigenvalue weighted by Gasteiger charge is -2.23. The largest absolute Gasteiger partial charge is 0.495 e. The summed E-state index contributed by atoms with van der Waals surface area (Å²) in [6.45, 7) is 11.0. The normalized spacial score (nSPS) is 16.3. The SMILES string of the molecule is CCNC(=NCC1CCN(c2ccccc2OC)C1)N(C)Cc1cn(C)nc1C(C)C.I. The molecule has 0 saturated carbocycles. The first-order chi connectivity index (χ1) is 14.9. The molecule has 32 heavy (non-hydrogen) atoms. The van der Waals surface area contributed by atoms with Crippen molar-refractivity contribution in [3.05, 3.63) is 41.7 Å². The van der Waals surface area contributed by atoms with Gasteiger partial charge in [0.25, 0.3) is 0 Å². The molecule has 1 aromatic carbocycles. The maximum Gasteiger partial charge on any atom is 0.193 e. The van der Waals surface area contributed by atoms with Crippen LogP contribution in [0.4, 0.5) is 5.69 Å². The molecule has 1 atom stereocenters. The van der Waals surface area contributed by atoms with Crippen molar-refractivity contribution in [2.24, 2.45) is 18.0 Å². The highest BCUT2D eigenvalue weighted by molar-refractivity contribution is 14.0. The Morgan fingerprint density at radius 3 is 2.78 bits per heavy atom. The first-order valence-corrected chi connectivity index (χ1v) is 11.3. The maximum absolute atomic E-state index is 5.55. The van der Waals surface area contributed by atoms with Crippen LogP contribution in [0.25, 0.3) is 0 Å². The smallest absolute Gasteiger partial charge is 0.193 e. The molecule has 2 aromatic rings. The van der Waals surface area contributed by atoms with Crippen molar-refractivity contribution < 1.29 is 4.74 Å². The summed E-state index contributed by atoms with van der Waals surface area (Å²) >= 11 is 0. The van der Waals surface area contributed by atoms with Crippen molar-refractivity contribution in [1.29, 1.82) is 0 Å². The van der Waals surface area contributed by atoms with E-state index in [4.69, 9.17) is 9.73 Å². The number of methoxy groups -OCH3 is 1. The number of aliphatic imine (C=N–C) groups is 1. The van der Waals surface area contributed by atoms with Gasteiger partial charge >= 0.3 is 0 Å². The Morgan fingerprint density at radius 2 is 2.09 bits per heavy atom. The Morgan fingerprint density at radius 1 is 1.34 bits per heavy atom. The Balaban J connectivity index is 0.00000363. The summed E-state index contributed by atoms with van der Waals surface area (Å²) in [5.41, 5.74) is 3.60. The minimum absolute atomic E-state index is 0. The number of guanidine groups is 1. The molecule has 178 valence electrons. The summed E-state index contributed by atoms with van der Waals surface area (Å²) in [4.78, 5) is 9.61.